The lowest BCUT2D eigenvalue weighted by Crippen LogP contribution is -2.35. The molecule has 0 fully saturated rings. The van der Waals surface area contributed by atoms with Gasteiger partial charge in [-0.15, -0.1) is 0 Å². The van der Waals surface area contributed by atoms with E-state index >= 15 is 0 Å². The van der Waals surface area contributed by atoms with Crippen molar-refractivity contribution in [3.05, 3.63) is 69.3 Å². The van der Waals surface area contributed by atoms with Crippen molar-refractivity contribution in [2.45, 2.75) is 19.9 Å². The van der Waals surface area contributed by atoms with Crippen molar-refractivity contribution in [2.24, 2.45) is 0 Å². The van der Waals surface area contributed by atoms with Gasteiger partial charge in [0.05, 0.1) is 5.52 Å². The van der Waals surface area contributed by atoms with Gasteiger partial charge in [-0.3, -0.25) is 4.79 Å². The molecule has 2 heterocycles. The van der Waals surface area contributed by atoms with Gasteiger partial charge in [-0.2, -0.15) is 0 Å². The van der Waals surface area contributed by atoms with E-state index in [0.717, 1.165) is 34.1 Å². The lowest BCUT2D eigenvalue weighted by Gasteiger charge is -2.27. The predicted octanol–water partition coefficient (Wildman–Crippen LogP) is 4.44. The summed E-state index contributed by atoms with van der Waals surface area (Å²) in [6, 6.07) is 14.0. The number of H-pyrrole nitrogens is 1. The Morgan fingerprint density at radius 1 is 1.22 bits per heavy atom. The van der Waals surface area contributed by atoms with Crippen molar-refractivity contribution < 1.29 is 4.79 Å². The van der Waals surface area contributed by atoms with Gasteiger partial charge in [-0.1, -0.05) is 29.8 Å². The Labute approximate surface area is 143 Å². The van der Waals surface area contributed by atoms with Crippen LogP contribution in [0, 0.1) is 6.92 Å². The maximum atomic E-state index is 12.8. The minimum atomic E-state index is 0.115. The number of aromatic nitrogens is 1. The summed E-state index contributed by atoms with van der Waals surface area (Å²) in [5.41, 5.74) is 5.51. The van der Waals surface area contributed by atoms with Gasteiger partial charge < -0.3 is 9.88 Å². The highest BCUT2D eigenvalue weighted by atomic mass is 79.9. The average molecular weight is 369 g/mol. The molecule has 2 aromatic carbocycles. The highest BCUT2D eigenvalue weighted by Gasteiger charge is 2.25. The first-order chi connectivity index (χ1) is 11.1. The van der Waals surface area contributed by atoms with Crippen LogP contribution in [0.3, 0.4) is 0 Å². The summed E-state index contributed by atoms with van der Waals surface area (Å²) in [5, 5.41) is 1.20. The molecular formula is C19H17BrN2O. The molecule has 4 heteroatoms. The fraction of sp³-hybridized carbons (Fsp3) is 0.211. The van der Waals surface area contributed by atoms with Crippen molar-refractivity contribution in [2.75, 3.05) is 6.54 Å². The van der Waals surface area contributed by atoms with Crippen LogP contribution in [-0.2, 0) is 13.0 Å². The number of aryl methyl sites for hydroxylation is 1. The minimum Gasteiger partial charge on any atom is -0.357 e. The van der Waals surface area contributed by atoms with Gasteiger partial charge in [0.2, 0.25) is 0 Å². The first-order valence-corrected chi connectivity index (χ1v) is 8.56. The number of benzene rings is 2. The molecule has 23 heavy (non-hydrogen) atoms. The summed E-state index contributed by atoms with van der Waals surface area (Å²) < 4.78 is 1.07. The molecule has 1 aliphatic rings. The Morgan fingerprint density at radius 3 is 2.87 bits per heavy atom. The van der Waals surface area contributed by atoms with E-state index in [9.17, 15) is 4.79 Å². The lowest BCUT2D eigenvalue weighted by atomic mass is 10.0. The van der Waals surface area contributed by atoms with E-state index in [1.807, 2.05) is 48.2 Å². The van der Waals surface area contributed by atoms with Crippen LogP contribution in [0.1, 0.15) is 27.2 Å². The van der Waals surface area contributed by atoms with Gasteiger partial charge in [0.15, 0.2) is 0 Å². The highest BCUT2D eigenvalue weighted by Crippen LogP contribution is 2.32. The number of amides is 1. The third-order valence-electron chi connectivity index (χ3n) is 4.51. The van der Waals surface area contributed by atoms with Crippen molar-refractivity contribution in [3.63, 3.8) is 0 Å². The molecule has 1 N–H and O–H groups in total. The van der Waals surface area contributed by atoms with E-state index in [0.29, 0.717) is 6.54 Å². The summed E-state index contributed by atoms with van der Waals surface area (Å²) in [5.74, 6) is 0.115. The Hall–Kier alpha value is -2.07. The van der Waals surface area contributed by atoms with Gasteiger partial charge in [-0.25, -0.2) is 0 Å². The first-order valence-electron chi connectivity index (χ1n) is 7.77. The van der Waals surface area contributed by atoms with E-state index in [2.05, 4.69) is 27.0 Å². The van der Waals surface area contributed by atoms with E-state index in [-0.39, 0.29) is 5.91 Å². The highest BCUT2D eigenvalue weighted by molar-refractivity contribution is 9.10. The molecule has 0 atom stereocenters. The van der Waals surface area contributed by atoms with Crippen molar-refractivity contribution in [1.82, 2.24) is 9.88 Å². The fourth-order valence-corrected chi connectivity index (χ4v) is 3.80. The van der Waals surface area contributed by atoms with Crippen molar-refractivity contribution in [3.8, 4) is 0 Å². The van der Waals surface area contributed by atoms with Crippen molar-refractivity contribution in [1.29, 1.82) is 0 Å². The van der Waals surface area contributed by atoms with E-state index < -0.39 is 0 Å². The van der Waals surface area contributed by atoms with E-state index in [1.54, 1.807) is 0 Å². The molecule has 0 unspecified atom stereocenters. The van der Waals surface area contributed by atoms with Crippen LogP contribution in [0.5, 0.6) is 0 Å². The molecule has 116 valence electrons. The third kappa shape index (κ3) is 2.47. The summed E-state index contributed by atoms with van der Waals surface area (Å²) in [6.07, 6.45) is 0.869. The van der Waals surface area contributed by atoms with Crippen LogP contribution in [0.4, 0.5) is 0 Å². The number of nitrogens with one attached hydrogen (secondary N) is 1. The first kappa shape index (κ1) is 14.5. The maximum absolute atomic E-state index is 12.8. The average Bonchev–Trinajstić information content (AvgIpc) is 2.93. The topological polar surface area (TPSA) is 36.1 Å². The third-order valence-corrected chi connectivity index (χ3v) is 5.17. The monoisotopic (exact) mass is 368 g/mol. The largest absolute Gasteiger partial charge is 0.357 e. The summed E-state index contributed by atoms with van der Waals surface area (Å²) in [7, 11) is 0. The second-order valence-corrected chi connectivity index (χ2v) is 6.95. The SMILES string of the molecule is Cc1cccc(C(=O)N2CCc3[nH]c4c(Br)cccc4c3C2)c1. The fourth-order valence-electron chi connectivity index (χ4n) is 3.34. The zero-order valence-electron chi connectivity index (χ0n) is 12.9. The number of hydrogen-bond acceptors (Lipinski definition) is 1. The van der Waals surface area contributed by atoms with Gasteiger partial charge in [-0.05, 0) is 41.1 Å². The number of halogens is 1. The standard InChI is InChI=1S/C19H17BrN2O/c1-12-4-2-5-13(10-12)19(23)22-9-8-17-15(11-22)14-6-3-7-16(20)18(14)21-17/h2-7,10,21H,8-9,11H2,1H3. The van der Waals surface area contributed by atoms with Crippen LogP contribution < -0.4 is 0 Å². The molecule has 0 spiro atoms. The summed E-state index contributed by atoms with van der Waals surface area (Å²) in [6.45, 7) is 3.44. The number of hydrogen-bond donors (Lipinski definition) is 1. The van der Waals surface area contributed by atoms with Crippen LogP contribution >= 0.6 is 15.9 Å². The second-order valence-electron chi connectivity index (χ2n) is 6.09. The maximum Gasteiger partial charge on any atom is 0.254 e. The molecule has 3 aromatic rings. The molecular weight excluding hydrogens is 352 g/mol. The van der Waals surface area contributed by atoms with Crippen LogP contribution in [0.15, 0.2) is 46.9 Å². The lowest BCUT2D eigenvalue weighted by molar-refractivity contribution is 0.0735. The smallest absolute Gasteiger partial charge is 0.254 e. The Balaban J connectivity index is 1.70. The minimum absolute atomic E-state index is 0.115. The molecule has 4 rings (SSSR count). The quantitative estimate of drug-likeness (QED) is 0.677. The number of para-hydroxylation sites is 1. The van der Waals surface area contributed by atoms with Gasteiger partial charge >= 0.3 is 0 Å². The number of nitrogens with zero attached hydrogens (tertiary/aromatic N) is 1. The van der Waals surface area contributed by atoms with Crippen LogP contribution in [-0.4, -0.2) is 22.3 Å². The molecule has 0 bridgehead atoms. The van der Waals surface area contributed by atoms with E-state index in [1.165, 1.54) is 16.6 Å². The van der Waals surface area contributed by atoms with Gasteiger partial charge in [0, 0.05) is 46.2 Å². The van der Waals surface area contributed by atoms with Crippen molar-refractivity contribution >= 4 is 32.7 Å². The van der Waals surface area contributed by atoms with Gasteiger partial charge in [0.25, 0.3) is 5.91 Å². The van der Waals surface area contributed by atoms with Gasteiger partial charge in [0.1, 0.15) is 0 Å². The molecule has 1 amide bonds. The molecule has 0 radical (unpaired) electrons. The number of rotatable bonds is 1. The summed E-state index contributed by atoms with van der Waals surface area (Å²) in [4.78, 5) is 18.3. The second kappa shape index (κ2) is 5.53. The number of carbonyl (C=O) groups excluding carboxylic acids is 1. The predicted molar refractivity (Wildman–Crippen MR) is 95.6 cm³/mol. The Morgan fingerprint density at radius 2 is 2.04 bits per heavy atom. The molecule has 3 nitrogen and oxygen atoms in total. The number of carbonyl (C=O) groups is 1. The Bertz CT molecular complexity index is 913. The summed E-state index contributed by atoms with van der Waals surface area (Å²) >= 11 is 3.60. The molecule has 0 aliphatic carbocycles. The molecule has 1 aromatic heterocycles. The number of fused-ring (bicyclic) bond motifs is 3. The normalized spacial score (nSPS) is 14.1. The zero-order chi connectivity index (χ0) is 16.0. The van der Waals surface area contributed by atoms with E-state index in [4.69, 9.17) is 0 Å². The van der Waals surface area contributed by atoms with Crippen LogP contribution in [0.25, 0.3) is 10.9 Å². The molecule has 0 saturated carbocycles. The Kier molecular flexibility index (Phi) is 3.49. The zero-order valence-corrected chi connectivity index (χ0v) is 14.5. The number of aromatic amines is 1. The molecule has 1 aliphatic heterocycles. The molecule has 0 saturated heterocycles. The van der Waals surface area contributed by atoms with Crippen LogP contribution in [0.2, 0.25) is 0 Å².